The molecule has 0 bridgehead atoms. The Morgan fingerprint density at radius 2 is 2.00 bits per heavy atom. The van der Waals surface area contributed by atoms with Crippen molar-refractivity contribution >= 4 is 23.3 Å². The number of carbonyl (C=O) groups is 2. The summed E-state index contributed by atoms with van der Waals surface area (Å²) >= 11 is 1.48. The van der Waals surface area contributed by atoms with Crippen LogP contribution in [-0.2, 0) is 16.1 Å². The molecule has 0 aromatic carbocycles. The minimum Gasteiger partial charge on any atom is -0.480 e. The highest BCUT2D eigenvalue weighted by Gasteiger charge is 2.19. The Morgan fingerprint density at radius 1 is 1.33 bits per heavy atom. The van der Waals surface area contributed by atoms with Gasteiger partial charge in [-0.2, -0.15) is 0 Å². The fraction of sp³-hybridized carbons (Fsp3) is 0.308. The molecule has 2 N–H and O–H groups in total. The van der Waals surface area contributed by atoms with Gasteiger partial charge < -0.3 is 14.6 Å². The fourth-order valence-corrected chi connectivity index (χ4v) is 2.49. The number of nitrogens with zero attached hydrogens (tertiary/aromatic N) is 2. The van der Waals surface area contributed by atoms with E-state index in [2.05, 4.69) is 4.98 Å². The molecule has 0 atom stereocenters. The molecule has 2 heterocycles. The van der Waals surface area contributed by atoms with Crippen LogP contribution in [0.2, 0.25) is 0 Å². The zero-order valence-corrected chi connectivity index (χ0v) is 12.1. The lowest BCUT2D eigenvalue weighted by molar-refractivity contribution is -0.142. The standard InChI is InChI=1S/C13H14N2O5S/c1-8-9(5-15(6-11(16)17)7-12(18)19)14-13(20-8)10-3-2-4-21-10/h2-4H,5-7H2,1H3,(H,16,17)(H,18,19). The summed E-state index contributed by atoms with van der Waals surface area (Å²) < 4.78 is 5.55. The van der Waals surface area contributed by atoms with Crippen LogP contribution in [-0.4, -0.2) is 45.1 Å². The second kappa shape index (κ2) is 6.51. The number of carboxylic acids is 2. The lowest BCUT2D eigenvalue weighted by Gasteiger charge is -2.16. The van der Waals surface area contributed by atoms with E-state index >= 15 is 0 Å². The Hall–Kier alpha value is -2.19. The number of carboxylic acid groups (broad SMARTS) is 2. The van der Waals surface area contributed by atoms with Gasteiger partial charge in [-0.1, -0.05) is 6.07 Å². The number of aliphatic carboxylic acids is 2. The Balaban J connectivity index is 2.16. The first kappa shape index (κ1) is 15.2. The van der Waals surface area contributed by atoms with E-state index in [9.17, 15) is 9.59 Å². The molecule has 8 heteroatoms. The van der Waals surface area contributed by atoms with E-state index in [4.69, 9.17) is 14.6 Å². The Labute approximate surface area is 124 Å². The van der Waals surface area contributed by atoms with Crippen molar-refractivity contribution in [3.05, 3.63) is 29.0 Å². The zero-order chi connectivity index (χ0) is 15.4. The van der Waals surface area contributed by atoms with E-state index in [1.807, 2.05) is 17.5 Å². The van der Waals surface area contributed by atoms with Gasteiger partial charge in [0.05, 0.1) is 23.7 Å². The molecule has 0 amide bonds. The normalized spacial score (nSPS) is 11.0. The van der Waals surface area contributed by atoms with Gasteiger partial charge in [0.1, 0.15) is 5.76 Å². The zero-order valence-electron chi connectivity index (χ0n) is 11.3. The average molecular weight is 310 g/mol. The van der Waals surface area contributed by atoms with Crippen molar-refractivity contribution in [1.29, 1.82) is 0 Å². The maximum Gasteiger partial charge on any atom is 0.317 e. The summed E-state index contributed by atoms with van der Waals surface area (Å²) in [5, 5.41) is 19.5. The second-order valence-corrected chi connectivity index (χ2v) is 5.38. The molecule has 7 nitrogen and oxygen atoms in total. The highest BCUT2D eigenvalue weighted by molar-refractivity contribution is 7.13. The van der Waals surface area contributed by atoms with E-state index < -0.39 is 11.9 Å². The summed E-state index contributed by atoms with van der Waals surface area (Å²) in [4.78, 5) is 28.0. The predicted octanol–water partition coefficient (Wildman–Crippen LogP) is 1.68. The monoisotopic (exact) mass is 310 g/mol. The Kier molecular flexibility index (Phi) is 4.71. The lowest BCUT2D eigenvalue weighted by Crippen LogP contribution is -2.34. The maximum atomic E-state index is 10.8. The molecule has 2 aromatic rings. The van der Waals surface area contributed by atoms with Crippen LogP contribution < -0.4 is 0 Å². The van der Waals surface area contributed by atoms with Crippen molar-refractivity contribution in [2.75, 3.05) is 13.1 Å². The van der Waals surface area contributed by atoms with E-state index in [-0.39, 0.29) is 19.6 Å². The SMILES string of the molecule is Cc1oc(-c2cccs2)nc1CN(CC(=O)O)CC(=O)O. The van der Waals surface area contributed by atoms with Crippen LogP contribution in [0.15, 0.2) is 21.9 Å². The molecule has 0 radical (unpaired) electrons. The van der Waals surface area contributed by atoms with Gasteiger partial charge in [0.25, 0.3) is 0 Å². The molecule has 0 saturated heterocycles. The van der Waals surface area contributed by atoms with E-state index in [0.29, 0.717) is 17.3 Å². The molecular weight excluding hydrogens is 296 g/mol. The van der Waals surface area contributed by atoms with Crippen molar-refractivity contribution in [2.24, 2.45) is 0 Å². The van der Waals surface area contributed by atoms with Gasteiger partial charge in [-0.3, -0.25) is 14.5 Å². The Bertz CT molecular complexity index is 619. The summed E-state index contributed by atoms with van der Waals surface area (Å²) in [6, 6.07) is 3.74. The first-order valence-corrected chi connectivity index (χ1v) is 7.00. The number of hydrogen-bond acceptors (Lipinski definition) is 6. The Morgan fingerprint density at radius 3 is 2.52 bits per heavy atom. The van der Waals surface area contributed by atoms with Crippen LogP contribution in [0.25, 0.3) is 10.8 Å². The lowest BCUT2D eigenvalue weighted by atomic mass is 10.3. The van der Waals surface area contributed by atoms with Crippen LogP contribution in [0.5, 0.6) is 0 Å². The molecule has 112 valence electrons. The molecule has 0 spiro atoms. The highest BCUT2D eigenvalue weighted by Crippen LogP contribution is 2.26. The first-order chi connectivity index (χ1) is 9.95. The molecule has 0 saturated carbocycles. The van der Waals surface area contributed by atoms with Crippen LogP contribution in [0.3, 0.4) is 0 Å². The van der Waals surface area contributed by atoms with Crippen LogP contribution in [0.4, 0.5) is 0 Å². The smallest absolute Gasteiger partial charge is 0.317 e. The third-order valence-corrected chi connectivity index (χ3v) is 3.57. The van der Waals surface area contributed by atoms with Crippen molar-refractivity contribution in [3.63, 3.8) is 0 Å². The van der Waals surface area contributed by atoms with Crippen LogP contribution >= 0.6 is 11.3 Å². The average Bonchev–Trinajstić information content (AvgIpc) is 2.98. The summed E-state index contributed by atoms with van der Waals surface area (Å²) in [5.74, 6) is -1.16. The van der Waals surface area contributed by atoms with Crippen molar-refractivity contribution in [3.8, 4) is 10.8 Å². The molecule has 2 rings (SSSR count). The second-order valence-electron chi connectivity index (χ2n) is 4.43. The molecular formula is C13H14N2O5S. The van der Waals surface area contributed by atoms with Gasteiger partial charge in [-0.25, -0.2) is 4.98 Å². The first-order valence-electron chi connectivity index (χ1n) is 6.12. The molecule has 2 aromatic heterocycles. The van der Waals surface area contributed by atoms with Gasteiger partial charge in [-0.05, 0) is 18.4 Å². The van der Waals surface area contributed by atoms with Crippen LogP contribution in [0, 0.1) is 6.92 Å². The molecule has 0 aliphatic carbocycles. The molecule has 0 aliphatic rings. The topological polar surface area (TPSA) is 104 Å². The molecule has 0 fully saturated rings. The van der Waals surface area contributed by atoms with Gasteiger partial charge in [0.15, 0.2) is 0 Å². The molecule has 0 unspecified atom stereocenters. The number of rotatable bonds is 7. The minimum atomic E-state index is -1.09. The number of hydrogen-bond donors (Lipinski definition) is 2. The number of thiophene rings is 1. The largest absolute Gasteiger partial charge is 0.480 e. The van der Waals surface area contributed by atoms with Crippen LogP contribution in [0.1, 0.15) is 11.5 Å². The van der Waals surface area contributed by atoms with Gasteiger partial charge in [0, 0.05) is 6.54 Å². The number of oxazole rings is 1. The van der Waals surface area contributed by atoms with E-state index in [0.717, 1.165) is 4.88 Å². The predicted molar refractivity (Wildman–Crippen MR) is 75.1 cm³/mol. The summed E-state index contributed by atoms with van der Waals surface area (Å²) in [6.07, 6.45) is 0. The summed E-state index contributed by atoms with van der Waals surface area (Å²) in [5.41, 5.74) is 0.542. The molecule has 0 aliphatic heterocycles. The highest BCUT2D eigenvalue weighted by atomic mass is 32.1. The van der Waals surface area contributed by atoms with Gasteiger partial charge in [0.2, 0.25) is 5.89 Å². The minimum absolute atomic E-state index is 0.110. The number of aromatic nitrogens is 1. The van der Waals surface area contributed by atoms with Gasteiger partial charge in [-0.15, -0.1) is 11.3 Å². The summed E-state index contributed by atoms with van der Waals surface area (Å²) in [6.45, 7) is 1.10. The third-order valence-electron chi connectivity index (χ3n) is 2.72. The fourth-order valence-electron chi connectivity index (χ4n) is 1.84. The van der Waals surface area contributed by atoms with E-state index in [1.165, 1.54) is 16.2 Å². The molecule has 21 heavy (non-hydrogen) atoms. The summed E-state index contributed by atoms with van der Waals surface area (Å²) in [7, 11) is 0. The van der Waals surface area contributed by atoms with Gasteiger partial charge >= 0.3 is 11.9 Å². The quantitative estimate of drug-likeness (QED) is 0.801. The maximum absolute atomic E-state index is 10.8. The third kappa shape index (κ3) is 4.14. The van der Waals surface area contributed by atoms with Crippen molar-refractivity contribution in [1.82, 2.24) is 9.88 Å². The van der Waals surface area contributed by atoms with Crippen molar-refractivity contribution in [2.45, 2.75) is 13.5 Å². The van der Waals surface area contributed by atoms with Crippen molar-refractivity contribution < 1.29 is 24.2 Å². The number of aryl methyl sites for hydroxylation is 1. The van der Waals surface area contributed by atoms with E-state index in [1.54, 1.807) is 6.92 Å².